The number of carboxylic acids is 1. The predicted octanol–water partition coefficient (Wildman–Crippen LogP) is 5.30. The Kier molecular flexibility index (Phi) is 7.54. The number of carboxylic acid groups (broad SMARTS) is 1. The Bertz CT molecular complexity index is 485. The Morgan fingerprint density at radius 1 is 1.15 bits per heavy atom. The summed E-state index contributed by atoms with van der Waals surface area (Å²) in [7, 11) is 0. The highest BCUT2D eigenvalue weighted by Crippen LogP contribution is 2.46. The second-order valence-electron chi connectivity index (χ2n) is 9.40. The molecule has 0 aliphatic heterocycles. The van der Waals surface area contributed by atoms with Gasteiger partial charge in [-0.05, 0) is 55.3 Å². The van der Waals surface area contributed by atoms with Gasteiger partial charge in [-0.1, -0.05) is 53.4 Å². The van der Waals surface area contributed by atoms with Gasteiger partial charge >= 0.3 is 11.9 Å². The molecule has 4 heteroatoms. The van der Waals surface area contributed by atoms with E-state index in [1.54, 1.807) is 0 Å². The number of unbranched alkanes of at least 4 members (excludes halogenated alkanes) is 1. The number of carbonyl (C=O) groups is 2. The summed E-state index contributed by atoms with van der Waals surface area (Å²) in [6.07, 6.45) is 9.62. The van der Waals surface area contributed by atoms with Gasteiger partial charge in [0.1, 0.15) is 0 Å². The Morgan fingerprint density at radius 3 is 2.54 bits per heavy atom. The second-order valence-corrected chi connectivity index (χ2v) is 9.40. The van der Waals surface area contributed by atoms with Crippen molar-refractivity contribution in [2.45, 2.75) is 85.5 Å². The van der Waals surface area contributed by atoms with Crippen LogP contribution in [-0.2, 0) is 14.3 Å². The lowest BCUT2D eigenvalue weighted by Crippen LogP contribution is -2.41. The molecular formula is C22H38O4. The van der Waals surface area contributed by atoms with Crippen LogP contribution in [0.5, 0.6) is 0 Å². The summed E-state index contributed by atoms with van der Waals surface area (Å²) in [5.74, 6) is -1.13. The molecule has 0 amide bonds. The molecular weight excluding hydrogens is 328 g/mol. The van der Waals surface area contributed by atoms with Crippen molar-refractivity contribution in [3.8, 4) is 0 Å². The SMILES string of the molecule is CCCCC1C(COC(=O)C2CCCC(C)C2C(=O)O)CCCC1(C)C. The van der Waals surface area contributed by atoms with Crippen LogP contribution in [0.25, 0.3) is 0 Å². The third kappa shape index (κ3) is 5.01. The Hall–Kier alpha value is -1.06. The van der Waals surface area contributed by atoms with Crippen LogP contribution in [-0.4, -0.2) is 23.7 Å². The topological polar surface area (TPSA) is 63.6 Å². The quantitative estimate of drug-likeness (QED) is 0.621. The summed E-state index contributed by atoms with van der Waals surface area (Å²) in [6.45, 7) is 9.34. The number of ether oxygens (including phenoxy) is 1. The zero-order valence-electron chi connectivity index (χ0n) is 17.1. The van der Waals surface area contributed by atoms with E-state index in [1.807, 2.05) is 6.92 Å². The van der Waals surface area contributed by atoms with Crippen LogP contribution >= 0.6 is 0 Å². The number of hydrogen-bond donors (Lipinski definition) is 1. The van der Waals surface area contributed by atoms with Gasteiger partial charge in [-0.3, -0.25) is 9.59 Å². The average Bonchev–Trinajstić information content (AvgIpc) is 2.57. The first-order valence-electron chi connectivity index (χ1n) is 10.7. The van der Waals surface area contributed by atoms with Crippen molar-refractivity contribution in [2.24, 2.45) is 35.0 Å². The summed E-state index contributed by atoms with van der Waals surface area (Å²) in [6, 6.07) is 0. The second kappa shape index (κ2) is 9.23. The molecule has 2 rings (SSSR count). The molecule has 2 aliphatic rings. The van der Waals surface area contributed by atoms with E-state index >= 15 is 0 Å². The third-order valence-electron chi connectivity index (χ3n) is 7.09. The minimum absolute atomic E-state index is 0.0460. The molecule has 2 fully saturated rings. The van der Waals surface area contributed by atoms with Gasteiger partial charge < -0.3 is 9.84 Å². The molecule has 0 aromatic carbocycles. The molecule has 5 atom stereocenters. The number of rotatable bonds is 7. The van der Waals surface area contributed by atoms with E-state index in [4.69, 9.17) is 4.74 Å². The number of esters is 1. The fourth-order valence-corrected chi connectivity index (χ4v) is 5.49. The summed E-state index contributed by atoms with van der Waals surface area (Å²) in [5.41, 5.74) is 0.299. The maximum absolute atomic E-state index is 12.7. The van der Waals surface area contributed by atoms with E-state index in [-0.39, 0.29) is 11.9 Å². The van der Waals surface area contributed by atoms with E-state index in [0.29, 0.717) is 30.3 Å². The standard InChI is InChI=1S/C22H38O4/c1-5-6-12-18-16(10-8-13-22(18,3)4)14-26-21(25)17-11-7-9-15(2)19(17)20(23)24/h15-19H,5-14H2,1-4H3,(H,23,24). The van der Waals surface area contributed by atoms with Crippen molar-refractivity contribution in [3.63, 3.8) is 0 Å². The van der Waals surface area contributed by atoms with Crippen LogP contribution in [0.3, 0.4) is 0 Å². The summed E-state index contributed by atoms with van der Waals surface area (Å²) in [5, 5.41) is 9.54. The summed E-state index contributed by atoms with van der Waals surface area (Å²) >= 11 is 0. The van der Waals surface area contributed by atoms with Crippen molar-refractivity contribution in [1.29, 1.82) is 0 Å². The van der Waals surface area contributed by atoms with E-state index in [1.165, 1.54) is 32.1 Å². The van der Waals surface area contributed by atoms with Gasteiger partial charge in [0.15, 0.2) is 0 Å². The van der Waals surface area contributed by atoms with Crippen LogP contribution in [0.15, 0.2) is 0 Å². The molecule has 0 heterocycles. The maximum Gasteiger partial charge on any atom is 0.309 e. The highest BCUT2D eigenvalue weighted by atomic mass is 16.5. The first kappa shape index (κ1) is 21.2. The molecule has 26 heavy (non-hydrogen) atoms. The highest BCUT2D eigenvalue weighted by molar-refractivity contribution is 5.81. The Balaban J connectivity index is 1.98. The number of carbonyl (C=O) groups excluding carboxylic acids is 1. The molecule has 2 aliphatic carbocycles. The van der Waals surface area contributed by atoms with Gasteiger partial charge in [-0.25, -0.2) is 0 Å². The Labute approximate surface area is 159 Å². The van der Waals surface area contributed by atoms with Crippen LogP contribution < -0.4 is 0 Å². The highest BCUT2D eigenvalue weighted by Gasteiger charge is 2.42. The van der Waals surface area contributed by atoms with Crippen molar-refractivity contribution in [1.82, 2.24) is 0 Å². The lowest BCUT2D eigenvalue weighted by Gasteiger charge is -2.44. The van der Waals surface area contributed by atoms with E-state index in [9.17, 15) is 14.7 Å². The lowest BCUT2D eigenvalue weighted by molar-refractivity contribution is -0.164. The molecule has 1 N–H and O–H groups in total. The van der Waals surface area contributed by atoms with Crippen molar-refractivity contribution >= 4 is 11.9 Å². The monoisotopic (exact) mass is 366 g/mol. The van der Waals surface area contributed by atoms with Crippen LogP contribution in [0.2, 0.25) is 0 Å². The smallest absolute Gasteiger partial charge is 0.309 e. The molecule has 0 aromatic rings. The van der Waals surface area contributed by atoms with Gasteiger partial charge in [-0.2, -0.15) is 0 Å². The predicted molar refractivity (Wildman–Crippen MR) is 103 cm³/mol. The zero-order valence-corrected chi connectivity index (χ0v) is 17.1. The zero-order chi connectivity index (χ0) is 19.3. The van der Waals surface area contributed by atoms with E-state index in [2.05, 4.69) is 20.8 Å². The largest absolute Gasteiger partial charge is 0.481 e. The molecule has 0 aromatic heterocycles. The summed E-state index contributed by atoms with van der Waals surface area (Å²) < 4.78 is 5.75. The molecule has 2 saturated carbocycles. The summed E-state index contributed by atoms with van der Waals surface area (Å²) in [4.78, 5) is 24.3. The van der Waals surface area contributed by atoms with Crippen molar-refractivity contribution < 1.29 is 19.4 Å². The van der Waals surface area contributed by atoms with Crippen LogP contribution in [0.4, 0.5) is 0 Å². The third-order valence-corrected chi connectivity index (χ3v) is 7.09. The molecule has 150 valence electrons. The molecule has 4 nitrogen and oxygen atoms in total. The normalized spacial score (nSPS) is 34.2. The minimum atomic E-state index is -0.848. The molecule has 0 radical (unpaired) electrons. The first-order chi connectivity index (χ1) is 12.3. The van der Waals surface area contributed by atoms with Gasteiger partial charge in [0, 0.05) is 0 Å². The molecule has 0 spiro atoms. The molecule has 0 bridgehead atoms. The lowest BCUT2D eigenvalue weighted by atomic mass is 9.62. The first-order valence-corrected chi connectivity index (χ1v) is 10.7. The molecule has 0 saturated heterocycles. The van der Waals surface area contributed by atoms with Crippen LogP contribution in [0, 0.1) is 35.0 Å². The average molecular weight is 367 g/mol. The van der Waals surface area contributed by atoms with Crippen LogP contribution in [0.1, 0.15) is 85.5 Å². The van der Waals surface area contributed by atoms with Crippen molar-refractivity contribution in [3.05, 3.63) is 0 Å². The Morgan fingerprint density at radius 2 is 1.88 bits per heavy atom. The van der Waals surface area contributed by atoms with Crippen molar-refractivity contribution in [2.75, 3.05) is 6.61 Å². The maximum atomic E-state index is 12.7. The van der Waals surface area contributed by atoms with Gasteiger partial charge in [-0.15, -0.1) is 0 Å². The van der Waals surface area contributed by atoms with E-state index < -0.39 is 17.8 Å². The van der Waals surface area contributed by atoms with E-state index in [0.717, 1.165) is 19.3 Å². The van der Waals surface area contributed by atoms with Gasteiger partial charge in [0.2, 0.25) is 0 Å². The fourth-order valence-electron chi connectivity index (χ4n) is 5.49. The van der Waals surface area contributed by atoms with Gasteiger partial charge in [0.25, 0.3) is 0 Å². The number of hydrogen-bond acceptors (Lipinski definition) is 3. The minimum Gasteiger partial charge on any atom is -0.481 e. The number of aliphatic carboxylic acids is 1. The fraction of sp³-hybridized carbons (Fsp3) is 0.909. The molecule has 5 unspecified atom stereocenters. The van der Waals surface area contributed by atoms with Gasteiger partial charge in [0.05, 0.1) is 18.4 Å².